The van der Waals surface area contributed by atoms with Gasteiger partial charge in [-0.25, -0.2) is 9.07 Å². The van der Waals surface area contributed by atoms with Crippen molar-refractivity contribution in [3.8, 4) is 5.75 Å². The van der Waals surface area contributed by atoms with Crippen molar-refractivity contribution < 1.29 is 9.13 Å². The van der Waals surface area contributed by atoms with Gasteiger partial charge < -0.3 is 10.5 Å². The van der Waals surface area contributed by atoms with Crippen molar-refractivity contribution >= 4 is 0 Å². The lowest BCUT2D eigenvalue weighted by atomic mass is 9.87. The molecule has 0 saturated carbocycles. The van der Waals surface area contributed by atoms with E-state index in [9.17, 15) is 4.39 Å². The fourth-order valence-corrected chi connectivity index (χ4v) is 2.04. The number of nitrogens with two attached hydrogens (primary N) is 1. The highest BCUT2D eigenvalue weighted by atomic mass is 19.1. The number of nitrogens with zero attached hydrogens (tertiary/aromatic N) is 3. The molecule has 0 amide bonds. The first-order chi connectivity index (χ1) is 10.9. The van der Waals surface area contributed by atoms with Crippen molar-refractivity contribution in [2.24, 2.45) is 5.73 Å². The highest BCUT2D eigenvalue weighted by molar-refractivity contribution is 5.31. The Hall–Kier alpha value is -2.21. The van der Waals surface area contributed by atoms with Gasteiger partial charge in [0.25, 0.3) is 0 Å². The maximum atomic E-state index is 13.3. The van der Waals surface area contributed by atoms with Crippen LogP contribution in [0.25, 0.3) is 0 Å². The fourth-order valence-electron chi connectivity index (χ4n) is 2.04. The van der Waals surface area contributed by atoms with E-state index in [0.29, 0.717) is 5.69 Å². The third kappa shape index (κ3) is 5.17. The minimum absolute atomic E-state index is 0.0322. The van der Waals surface area contributed by atoms with E-state index >= 15 is 0 Å². The zero-order chi connectivity index (χ0) is 16.9. The van der Waals surface area contributed by atoms with Crippen LogP contribution in [-0.4, -0.2) is 21.5 Å². The van der Waals surface area contributed by atoms with Crippen LogP contribution in [0.2, 0.25) is 0 Å². The molecule has 5 nitrogen and oxygen atoms in total. The first kappa shape index (κ1) is 17.1. The molecule has 0 saturated heterocycles. The normalized spacial score (nSPS) is 12.5. The lowest BCUT2D eigenvalue weighted by Crippen LogP contribution is -2.10. The van der Waals surface area contributed by atoms with E-state index in [2.05, 4.69) is 43.2 Å². The van der Waals surface area contributed by atoms with E-state index in [4.69, 9.17) is 10.5 Å². The third-order valence-electron chi connectivity index (χ3n) is 3.35. The summed E-state index contributed by atoms with van der Waals surface area (Å²) in [5.41, 5.74) is 7.26. The van der Waals surface area contributed by atoms with E-state index in [-0.39, 0.29) is 30.9 Å². The number of allylic oxidation sites excluding steroid dienone is 1. The molecule has 6 heteroatoms. The smallest absolute Gasteiger partial charge is 0.134 e. The van der Waals surface area contributed by atoms with Gasteiger partial charge in [-0.2, -0.15) is 0 Å². The van der Waals surface area contributed by atoms with Gasteiger partial charge in [0.2, 0.25) is 0 Å². The predicted octanol–water partition coefficient (Wildman–Crippen LogP) is 2.97. The Bertz CT molecular complexity index is 656. The van der Waals surface area contributed by atoms with Crippen LogP contribution in [0, 0.1) is 0 Å². The summed E-state index contributed by atoms with van der Waals surface area (Å²) in [4.78, 5) is 0. The Kier molecular flexibility index (Phi) is 5.50. The first-order valence-corrected chi connectivity index (χ1v) is 7.55. The van der Waals surface area contributed by atoms with Crippen LogP contribution in [-0.2, 0) is 18.6 Å². The van der Waals surface area contributed by atoms with E-state index in [1.165, 1.54) is 16.3 Å². The lowest BCUT2D eigenvalue weighted by molar-refractivity contribution is 0.301. The zero-order valence-corrected chi connectivity index (χ0v) is 13.8. The van der Waals surface area contributed by atoms with Gasteiger partial charge in [0, 0.05) is 6.54 Å². The zero-order valence-electron chi connectivity index (χ0n) is 13.8. The lowest BCUT2D eigenvalue weighted by Gasteiger charge is -2.19. The summed E-state index contributed by atoms with van der Waals surface area (Å²) in [6.45, 7) is 6.99. The van der Waals surface area contributed by atoms with Crippen LogP contribution in [0.3, 0.4) is 0 Å². The van der Waals surface area contributed by atoms with Crippen LogP contribution in [0.15, 0.2) is 42.4 Å². The number of ether oxygens (including phenoxy) is 1. The van der Waals surface area contributed by atoms with Crippen molar-refractivity contribution in [1.82, 2.24) is 15.0 Å². The molecule has 1 aromatic heterocycles. The van der Waals surface area contributed by atoms with Gasteiger partial charge in [0.1, 0.15) is 23.9 Å². The van der Waals surface area contributed by atoms with Crippen molar-refractivity contribution in [2.75, 3.05) is 6.54 Å². The molecule has 2 rings (SSSR count). The highest BCUT2D eigenvalue weighted by Crippen LogP contribution is 2.24. The SMILES string of the molecule is CC(C)(C)c1ccc(OCc2cn(CC(F)=CCN)nn2)cc1. The quantitative estimate of drug-likeness (QED) is 0.889. The standard InChI is InChI=1S/C17H23FN4O/c1-17(2,3)13-4-6-16(7-5-13)23-12-15-11-22(21-20-15)10-14(18)8-9-19/h4-8,11H,9-10,12,19H2,1-3H3. The monoisotopic (exact) mass is 318 g/mol. The third-order valence-corrected chi connectivity index (χ3v) is 3.35. The summed E-state index contributed by atoms with van der Waals surface area (Å²) in [7, 11) is 0. The van der Waals surface area contributed by atoms with Crippen LogP contribution in [0.4, 0.5) is 4.39 Å². The Morgan fingerprint density at radius 2 is 2.00 bits per heavy atom. The van der Waals surface area contributed by atoms with Gasteiger partial charge in [0.05, 0.1) is 12.7 Å². The Morgan fingerprint density at radius 1 is 1.30 bits per heavy atom. The Labute approximate surface area is 135 Å². The molecule has 0 fully saturated rings. The molecule has 0 aliphatic rings. The van der Waals surface area contributed by atoms with Crippen molar-refractivity contribution in [2.45, 2.75) is 39.3 Å². The molecular formula is C17H23FN4O. The second kappa shape index (κ2) is 7.37. The second-order valence-electron chi connectivity index (χ2n) is 6.36. The number of halogens is 1. The highest BCUT2D eigenvalue weighted by Gasteiger charge is 2.13. The number of hydrogen-bond acceptors (Lipinski definition) is 4. The largest absolute Gasteiger partial charge is 0.487 e. The maximum absolute atomic E-state index is 13.3. The van der Waals surface area contributed by atoms with Crippen molar-refractivity contribution in [3.63, 3.8) is 0 Å². The summed E-state index contributed by atoms with van der Waals surface area (Å²) < 4.78 is 20.4. The Morgan fingerprint density at radius 3 is 2.61 bits per heavy atom. The molecular weight excluding hydrogens is 295 g/mol. The molecule has 124 valence electrons. The molecule has 23 heavy (non-hydrogen) atoms. The topological polar surface area (TPSA) is 66.0 Å². The van der Waals surface area contributed by atoms with E-state index in [1.54, 1.807) is 6.20 Å². The van der Waals surface area contributed by atoms with Gasteiger partial charge in [-0.1, -0.05) is 38.1 Å². The van der Waals surface area contributed by atoms with Gasteiger partial charge >= 0.3 is 0 Å². The maximum Gasteiger partial charge on any atom is 0.134 e. The minimum atomic E-state index is -0.331. The van der Waals surface area contributed by atoms with Crippen LogP contribution >= 0.6 is 0 Å². The molecule has 2 N–H and O–H groups in total. The molecule has 0 atom stereocenters. The first-order valence-electron chi connectivity index (χ1n) is 7.55. The average molecular weight is 318 g/mol. The molecule has 0 unspecified atom stereocenters. The molecule has 0 aliphatic heterocycles. The molecule has 1 heterocycles. The van der Waals surface area contributed by atoms with Crippen LogP contribution < -0.4 is 10.5 Å². The minimum Gasteiger partial charge on any atom is -0.487 e. The summed E-state index contributed by atoms with van der Waals surface area (Å²) in [5, 5.41) is 7.83. The van der Waals surface area contributed by atoms with E-state index in [0.717, 1.165) is 5.75 Å². The number of hydrogen-bond donors (Lipinski definition) is 1. The fraction of sp³-hybridized carbons (Fsp3) is 0.412. The predicted molar refractivity (Wildman–Crippen MR) is 87.7 cm³/mol. The van der Waals surface area contributed by atoms with Gasteiger partial charge in [-0.15, -0.1) is 5.10 Å². The van der Waals surface area contributed by atoms with Crippen LogP contribution in [0.5, 0.6) is 5.75 Å². The molecule has 0 radical (unpaired) electrons. The number of aromatic nitrogens is 3. The summed E-state index contributed by atoms with van der Waals surface area (Å²) in [5.74, 6) is 0.435. The van der Waals surface area contributed by atoms with Gasteiger partial charge in [0.15, 0.2) is 0 Å². The van der Waals surface area contributed by atoms with Crippen LogP contribution in [0.1, 0.15) is 32.0 Å². The molecule has 2 aromatic rings. The average Bonchev–Trinajstić information content (AvgIpc) is 2.92. The summed E-state index contributed by atoms with van der Waals surface area (Å²) >= 11 is 0. The van der Waals surface area contributed by atoms with Crippen molar-refractivity contribution in [3.05, 3.63) is 53.6 Å². The molecule has 0 spiro atoms. The summed E-state index contributed by atoms with van der Waals surface area (Å²) in [6, 6.07) is 7.99. The van der Waals surface area contributed by atoms with E-state index < -0.39 is 0 Å². The molecule has 0 bridgehead atoms. The van der Waals surface area contributed by atoms with E-state index in [1.807, 2.05) is 12.1 Å². The van der Waals surface area contributed by atoms with Gasteiger partial charge in [-0.05, 0) is 29.2 Å². The molecule has 0 aliphatic carbocycles. The van der Waals surface area contributed by atoms with Crippen molar-refractivity contribution in [1.29, 1.82) is 0 Å². The van der Waals surface area contributed by atoms with Gasteiger partial charge in [-0.3, -0.25) is 0 Å². The Balaban J connectivity index is 1.91. The molecule has 1 aromatic carbocycles. The summed E-state index contributed by atoms with van der Waals surface area (Å²) in [6.07, 6.45) is 2.97. The number of benzene rings is 1. The number of rotatable bonds is 6. The second-order valence-corrected chi connectivity index (χ2v) is 6.36.